The second-order valence-electron chi connectivity index (χ2n) is 7.34. The number of amides is 2. The largest absolute Gasteiger partial charge is 0.342 e. The number of aryl methyl sites for hydroxylation is 2. The van der Waals surface area contributed by atoms with E-state index in [1.807, 2.05) is 36.9 Å². The Kier molecular flexibility index (Phi) is 5.12. The van der Waals surface area contributed by atoms with Crippen molar-refractivity contribution in [3.8, 4) is 0 Å². The van der Waals surface area contributed by atoms with Gasteiger partial charge in [-0.3, -0.25) is 9.59 Å². The Bertz CT molecular complexity index is 587. The normalized spacial score (nSPS) is 18.7. The third-order valence-electron chi connectivity index (χ3n) is 4.77. The zero-order chi connectivity index (χ0) is 17.2. The van der Waals surface area contributed by atoms with Crippen molar-refractivity contribution in [2.24, 2.45) is 11.3 Å². The van der Waals surface area contributed by atoms with Gasteiger partial charge in [-0.1, -0.05) is 25.1 Å². The minimum absolute atomic E-state index is 0.0761. The Morgan fingerprint density at radius 3 is 2.39 bits per heavy atom. The molecular weight excluding hydrogens is 288 g/mol. The Morgan fingerprint density at radius 1 is 1.22 bits per heavy atom. The lowest BCUT2D eigenvalue weighted by atomic mass is 9.88. The molecule has 1 N–H and O–H groups in total. The van der Waals surface area contributed by atoms with Crippen LogP contribution in [0.2, 0.25) is 0 Å². The summed E-state index contributed by atoms with van der Waals surface area (Å²) in [5.74, 6) is 0.191. The number of nitrogens with zero attached hydrogens (tertiary/aromatic N) is 1. The zero-order valence-electron chi connectivity index (χ0n) is 14.9. The van der Waals surface area contributed by atoms with Crippen molar-refractivity contribution in [3.63, 3.8) is 0 Å². The van der Waals surface area contributed by atoms with Crippen LogP contribution in [0.4, 0.5) is 5.69 Å². The Balaban J connectivity index is 2.15. The van der Waals surface area contributed by atoms with E-state index in [-0.39, 0.29) is 11.8 Å². The maximum absolute atomic E-state index is 12.8. The molecule has 1 aliphatic rings. The van der Waals surface area contributed by atoms with Gasteiger partial charge in [0.1, 0.15) is 5.41 Å². The number of carbonyl (C=O) groups is 2. The third-order valence-corrected chi connectivity index (χ3v) is 4.77. The third kappa shape index (κ3) is 3.74. The number of rotatable bonds is 3. The predicted molar refractivity (Wildman–Crippen MR) is 93.3 cm³/mol. The van der Waals surface area contributed by atoms with Gasteiger partial charge in [0.2, 0.25) is 11.8 Å². The van der Waals surface area contributed by atoms with Crippen LogP contribution < -0.4 is 5.32 Å². The van der Waals surface area contributed by atoms with Crippen molar-refractivity contribution < 1.29 is 9.59 Å². The van der Waals surface area contributed by atoms with Gasteiger partial charge in [0.25, 0.3) is 0 Å². The second-order valence-corrected chi connectivity index (χ2v) is 7.34. The van der Waals surface area contributed by atoms with E-state index in [0.717, 1.165) is 42.7 Å². The number of carbonyl (C=O) groups excluding carboxylic acids is 2. The van der Waals surface area contributed by atoms with Crippen LogP contribution in [-0.4, -0.2) is 29.8 Å². The first-order chi connectivity index (χ1) is 10.7. The smallest absolute Gasteiger partial charge is 0.239 e. The molecule has 0 saturated carbocycles. The van der Waals surface area contributed by atoms with Crippen LogP contribution in [0.1, 0.15) is 44.7 Å². The van der Waals surface area contributed by atoms with E-state index in [9.17, 15) is 9.59 Å². The molecule has 1 unspecified atom stereocenters. The van der Waals surface area contributed by atoms with Gasteiger partial charge in [-0.2, -0.15) is 0 Å². The molecule has 2 rings (SSSR count). The number of para-hydroxylation sites is 1. The van der Waals surface area contributed by atoms with Crippen molar-refractivity contribution in [1.29, 1.82) is 0 Å². The molecule has 4 nitrogen and oxygen atoms in total. The first-order valence-electron chi connectivity index (χ1n) is 8.40. The van der Waals surface area contributed by atoms with E-state index >= 15 is 0 Å². The number of benzene rings is 1. The van der Waals surface area contributed by atoms with Gasteiger partial charge >= 0.3 is 0 Å². The average Bonchev–Trinajstić information content (AvgIpc) is 2.50. The summed E-state index contributed by atoms with van der Waals surface area (Å²) < 4.78 is 0. The number of nitrogens with one attached hydrogen (secondary N) is 1. The second kappa shape index (κ2) is 6.73. The monoisotopic (exact) mass is 316 g/mol. The van der Waals surface area contributed by atoms with E-state index in [1.165, 1.54) is 0 Å². The lowest BCUT2D eigenvalue weighted by Crippen LogP contribution is -2.50. The summed E-state index contributed by atoms with van der Waals surface area (Å²) in [6.07, 6.45) is 2.17. The molecule has 0 spiro atoms. The molecule has 1 aliphatic heterocycles. The Hall–Kier alpha value is -1.84. The number of piperidine rings is 1. The maximum atomic E-state index is 12.8. The van der Waals surface area contributed by atoms with E-state index in [0.29, 0.717) is 5.92 Å². The van der Waals surface area contributed by atoms with Crippen molar-refractivity contribution in [2.75, 3.05) is 18.4 Å². The fourth-order valence-electron chi connectivity index (χ4n) is 3.15. The van der Waals surface area contributed by atoms with E-state index in [2.05, 4.69) is 12.2 Å². The highest BCUT2D eigenvalue weighted by atomic mass is 16.2. The lowest BCUT2D eigenvalue weighted by Gasteiger charge is -2.36. The van der Waals surface area contributed by atoms with E-state index in [4.69, 9.17) is 0 Å². The van der Waals surface area contributed by atoms with Crippen LogP contribution in [0, 0.1) is 25.2 Å². The average molecular weight is 316 g/mol. The fraction of sp³-hybridized carbons (Fsp3) is 0.579. The Morgan fingerprint density at radius 2 is 1.83 bits per heavy atom. The summed E-state index contributed by atoms with van der Waals surface area (Å²) in [4.78, 5) is 27.4. The standard InChI is InChI=1S/C19H28N2O2/c1-13-8-7-11-21(12-13)18(23)19(4,5)17(22)20-16-14(2)9-6-10-15(16)3/h6,9-10,13H,7-8,11-12H2,1-5H3,(H,20,22). The van der Waals surface area contributed by atoms with Gasteiger partial charge in [-0.15, -0.1) is 0 Å². The first kappa shape index (κ1) is 17.5. The van der Waals surface area contributed by atoms with Crippen LogP contribution in [0.25, 0.3) is 0 Å². The van der Waals surface area contributed by atoms with Gasteiger partial charge in [0.05, 0.1) is 0 Å². The number of hydrogen-bond donors (Lipinski definition) is 1. The van der Waals surface area contributed by atoms with Crippen molar-refractivity contribution >= 4 is 17.5 Å². The van der Waals surface area contributed by atoms with Gasteiger partial charge in [0, 0.05) is 18.8 Å². The first-order valence-corrected chi connectivity index (χ1v) is 8.40. The van der Waals surface area contributed by atoms with Crippen LogP contribution >= 0.6 is 0 Å². The number of likely N-dealkylation sites (tertiary alicyclic amines) is 1. The molecule has 0 radical (unpaired) electrons. The van der Waals surface area contributed by atoms with Gasteiger partial charge in [-0.05, 0) is 57.6 Å². The van der Waals surface area contributed by atoms with Crippen molar-refractivity contribution in [1.82, 2.24) is 4.90 Å². The molecule has 1 atom stereocenters. The Labute approximate surface area is 139 Å². The molecule has 23 heavy (non-hydrogen) atoms. The van der Waals surface area contributed by atoms with Crippen molar-refractivity contribution in [3.05, 3.63) is 29.3 Å². The predicted octanol–water partition coefficient (Wildman–Crippen LogP) is 3.53. The van der Waals surface area contributed by atoms with Crippen LogP contribution in [0.3, 0.4) is 0 Å². The highest BCUT2D eigenvalue weighted by Gasteiger charge is 2.40. The van der Waals surface area contributed by atoms with Gasteiger partial charge in [0.15, 0.2) is 0 Å². The highest BCUT2D eigenvalue weighted by molar-refractivity contribution is 6.10. The molecule has 1 saturated heterocycles. The summed E-state index contributed by atoms with van der Waals surface area (Å²) in [5, 5.41) is 2.96. The summed E-state index contributed by atoms with van der Waals surface area (Å²) in [7, 11) is 0. The molecule has 126 valence electrons. The van der Waals surface area contributed by atoms with Crippen LogP contribution in [0.15, 0.2) is 18.2 Å². The molecule has 4 heteroatoms. The molecule has 1 fully saturated rings. The van der Waals surface area contributed by atoms with Gasteiger partial charge < -0.3 is 10.2 Å². The molecular formula is C19H28N2O2. The number of hydrogen-bond acceptors (Lipinski definition) is 2. The quantitative estimate of drug-likeness (QED) is 0.867. The minimum atomic E-state index is -1.06. The summed E-state index contributed by atoms with van der Waals surface area (Å²) in [6, 6.07) is 5.89. The summed E-state index contributed by atoms with van der Waals surface area (Å²) >= 11 is 0. The highest BCUT2D eigenvalue weighted by Crippen LogP contribution is 2.27. The SMILES string of the molecule is Cc1cccc(C)c1NC(=O)C(C)(C)C(=O)N1CCCC(C)C1. The minimum Gasteiger partial charge on any atom is -0.342 e. The molecule has 1 aromatic carbocycles. The maximum Gasteiger partial charge on any atom is 0.239 e. The molecule has 1 aromatic rings. The number of anilines is 1. The zero-order valence-corrected chi connectivity index (χ0v) is 14.9. The topological polar surface area (TPSA) is 49.4 Å². The van der Waals surface area contributed by atoms with E-state index in [1.54, 1.807) is 13.8 Å². The molecule has 0 aromatic heterocycles. The van der Waals surface area contributed by atoms with E-state index < -0.39 is 5.41 Å². The lowest BCUT2D eigenvalue weighted by molar-refractivity contribution is -0.147. The van der Waals surface area contributed by atoms with Crippen LogP contribution in [0.5, 0.6) is 0 Å². The summed E-state index contributed by atoms with van der Waals surface area (Å²) in [6.45, 7) is 11.0. The molecule has 1 heterocycles. The summed E-state index contributed by atoms with van der Waals surface area (Å²) in [5.41, 5.74) is 1.76. The molecule has 0 aliphatic carbocycles. The molecule has 0 bridgehead atoms. The molecule has 2 amide bonds. The fourth-order valence-corrected chi connectivity index (χ4v) is 3.15. The van der Waals surface area contributed by atoms with Gasteiger partial charge in [-0.25, -0.2) is 0 Å². The van der Waals surface area contributed by atoms with Crippen LogP contribution in [-0.2, 0) is 9.59 Å². The van der Waals surface area contributed by atoms with Crippen molar-refractivity contribution in [2.45, 2.75) is 47.5 Å².